The maximum Gasteiger partial charge on any atom is 0.240 e. The van der Waals surface area contributed by atoms with E-state index < -0.39 is 5.54 Å². The van der Waals surface area contributed by atoms with Crippen LogP contribution in [0.2, 0.25) is 0 Å². The SMILES string of the molecule is CCC(CC#N)NC(=O)C1(N)CCCC1. The monoisotopic (exact) mass is 209 g/mol. The highest BCUT2D eigenvalue weighted by atomic mass is 16.2. The number of nitriles is 1. The van der Waals surface area contributed by atoms with Gasteiger partial charge in [-0.25, -0.2) is 0 Å². The topological polar surface area (TPSA) is 78.9 Å². The Morgan fingerprint density at radius 3 is 2.67 bits per heavy atom. The molecular weight excluding hydrogens is 190 g/mol. The third-order valence-electron chi connectivity index (χ3n) is 3.11. The average Bonchev–Trinajstić information content (AvgIpc) is 2.65. The molecule has 4 nitrogen and oxygen atoms in total. The van der Waals surface area contributed by atoms with E-state index in [9.17, 15) is 4.79 Å². The van der Waals surface area contributed by atoms with Gasteiger partial charge in [0, 0.05) is 6.04 Å². The third-order valence-corrected chi connectivity index (χ3v) is 3.11. The van der Waals surface area contributed by atoms with Crippen molar-refractivity contribution >= 4 is 5.91 Å². The summed E-state index contributed by atoms with van der Waals surface area (Å²) in [5.41, 5.74) is 5.33. The number of nitrogens with one attached hydrogen (secondary N) is 1. The summed E-state index contributed by atoms with van der Waals surface area (Å²) in [6.45, 7) is 1.96. The molecule has 1 saturated carbocycles. The van der Waals surface area contributed by atoms with E-state index >= 15 is 0 Å². The fraction of sp³-hybridized carbons (Fsp3) is 0.818. The highest BCUT2D eigenvalue weighted by Crippen LogP contribution is 2.27. The van der Waals surface area contributed by atoms with Crippen LogP contribution in [0.3, 0.4) is 0 Å². The van der Waals surface area contributed by atoms with Gasteiger partial charge in [0.2, 0.25) is 5.91 Å². The van der Waals surface area contributed by atoms with Crippen molar-refractivity contribution in [2.24, 2.45) is 5.73 Å². The lowest BCUT2D eigenvalue weighted by Crippen LogP contribution is -2.54. The van der Waals surface area contributed by atoms with Crippen LogP contribution in [0.15, 0.2) is 0 Å². The van der Waals surface area contributed by atoms with Gasteiger partial charge in [-0.1, -0.05) is 19.8 Å². The number of nitrogens with zero attached hydrogens (tertiary/aromatic N) is 1. The molecule has 3 N–H and O–H groups in total. The number of carbonyl (C=O) groups is 1. The Balaban J connectivity index is 2.50. The summed E-state index contributed by atoms with van der Waals surface area (Å²) < 4.78 is 0. The molecular formula is C11H19N3O. The molecule has 0 heterocycles. The first-order valence-corrected chi connectivity index (χ1v) is 5.59. The van der Waals surface area contributed by atoms with Gasteiger partial charge in [-0.2, -0.15) is 5.26 Å². The van der Waals surface area contributed by atoms with Crippen LogP contribution in [-0.4, -0.2) is 17.5 Å². The second kappa shape index (κ2) is 5.13. The highest BCUT2D eigenvalue weighted by molar-refractivity contribution is 5.86. The second-order valence-corrected chi connectivity index (χ2v) is 4.30. The van der Waals surface area contributed by atoms with Crippen molar-refractivity contribution in [1.82, 2.24) is 5.32 Å². The molecule has 1 aliphatic carbocycles. The maximum atomic E-state index is 11.9. The van der Waals surface area contributed by atoms with E-state index in [0.717, 1.165) is 32.1 Å². The van der Waals surface area contributed by atoms with Crippen LogP contribution in [0.4, 0.5) is 0 Å². The number of nitrogens with two attached hydrogens (primary N) is 1. The molecule has 0 aromatic heterocycles. The van der Waals surface area contributed by atoms with Gasteiger partial charge in [0.15, 0.2) is 0 Å². The molecule has 0 spiro atoms. The molecule has 84 valence electrons. The molecule has 0 aromatic rings. The van der Waals surface area contributed by atoms with Gasteiger partial charge >= 0.3 is 0 Å². The summed E-state index contributed by atoms with van der Waals surface area (Å²) >= 11 is 0. The van der Waals surface area contributed by atoms with E-state index in [1.54, 1.807) is 0 Å². The van der Waals surface area contributed by atoms with Gasteiger partial charge in [0.25, 0.3) is 0 Å². The highest BCUT2D eigenvalue weighted by Gasteiger charge is 2.37. The lowest BCUT2D eigenvalue weighted by Gasteiger charge is -2.25. The van der Waals surface area contributed by atoms with Crippen molar-refractivity contribution in [3.8, 4) is 6.07 Å². The minimum atomic E-state index is -0.678. The molecule has 0 saturated heterocycles. The smallest absolute Gasteiger partial charge is 0.240 e. The predicted molar refractivity (Wildman–Crippen MR) is 57.8 cm³/mol. The maximum absolute atomic E-state index is 11.9. The van der Waals surface area contributed by atoms with Crippen LogP contribution in [0.1, 0.15) is 45.4 Å². The normalized spacial score (nSPS) is 20.6. The molecule has 15 heavy (non-hydrogen) atoms. The Kier molecular flexibility index (Phi) is 4.10. The lowest BCUT2D eigenvalue weighted by atomic mass is 9.97. The largest absolute Gasteiger partial charge is 0.351 e. The van der Waals surface area contributed by atoms with Crippen molar-refractivity contribution in [3.63, 3.8) is 0 Å². The van der Waals surface area contributed by atoms with Crippen LogP contribution >= 0.6 is 0 Å². The minimum absolute atomic E-state index is 0.0523. The van der Waals surface area contributed by atoms with E-state index in [4.69, 9.17) is 11.0 Å². The van der Waals surface area contributed by atoms with E-state index in [0.29, 0.717) is 6.42 Å². The summed E-state index contributed by atoms with van der Waals surface area (Å²) in [5.74, 6) is -0.0814. The first kappa shape index (κ1) is 12.0. The van der Waals surface area contributed by atoms with Crippen molar-refractivity contribution in [1.29, 1.82) is 5.26 Å². The van der Waals surface area contributed by atoms with E-state index in [2.05, 4.69) is 11.4 Å². The third kappa shape index (κ3) is 2.93. The molecule has 1 atom stereocenters. The zero-order valence-corrected chi connectivity index (χ0v) is 9.25. The Morgan fingerprint density at radius 1 is 1.60 bits per heavy atom. The molecule has 4 heteroatoms. The molecule has 0 bridgehead atoms. The van der Waals surface area contributed by atoms with Crippen LogP contribution in [0.5, 0.6) is 0 Å². The summed E-state index contributed by atoms with van der Waals surface area (Å²) in [6, 6.07) is 2.02. The fourth-order valence-electron chi connectivity index (χ4n) is 1.97. The van der Waals surface area contributed by atoms with Gasteiger partial charge in [0.1, 0.15) is 0 Å². The number of hydrogen-bond donors (Lipinski definition) is 2. The Hall–Kier alpha value is -1.08. The summed E-state index contributed by atoms with van der Waals surface area (Å²) in [7, 11) is 0. The van der Waals surface area contributed by atoms with E-state index in [-0.39, 0.29) is 11.9 Å². The van der Waals surface area contributed by atoms with Crippen molar-refractivity contribution in [3.05, 3.63) is 0 Å². The Labute approximate surface area is 90.8 Å². The summed E-state index contributed by atoms with van der Waals surface area (Å²) in [4.78, 5) is 11.9. The van der Waals surface area contributed by atoms with Crippen LogP contribution in [0, 0.1) is 11.3 Å². The molecule has 0 aromatic carbocycles. The van der Waals surface area contributed by atoms with Gasteiger partial charge in [0.05, 0.1) is 18.0 Å². The minimum Gasteiger partial charge on any atom is -0.351 e. The average molecular weight is 209 g/mol. The Morgan fingerprint density at radius 2 is 2.20 bits per heavy atom. The molecule has 0 radical (unpaired) electrons. The van der Waals surface area contributed by atoms with E-state index in [1.807, 2.05) is 6.92 Å². The molecule has 1 unspecified atom stereocenters. The van der Waals surface area contributed by atoms with E-state index in [1.165, 1.54) is 0 Å². The second-order valence-electron chi connectivity index (χ2n) is 4.30. The summed E-state index contributed by atoms with van der Waals surface area (Å²) in [6.07, 6.45) is 4.72. The molecule has 1 aliphatic rings. The Bertz CT molecular complexity index is 263. The predicted octanol–water partition coefficient (Wildman–Crippen LogP) is 1.07. The van der Waals surface area contributed by atoms with Gasteiger partial charge in [-0.15, -0.1) is 0 Å². The van der Waals surface area contributed by atoms with Crippen molar-refractivity contribution in [2.45, 2.75) is 57.0 Å². The first-order chi connectivity index (χ1) is 7.12. The quantitative estimate of drug-likeness (QED) is 0.726. The number of rotatable bonds is 4. The van der Waals surface area contributed by atoms with Crippen LogP contribution < -0.4 is 11.1 Å². The van der Waals surface area contributed by atoms with Gasteiger partial charge in [-0.05, 0) is 19.3 Å². The number of amides is 1. The number of hydrogen-bond acceptors (Lipinski definition) is 3. The lowest BCUT2D eigenvalue weighted by molar-refractivity contribution is -0.126. The zero-order valence-electron chi connectivity index (χ0n) is 9.25. The van der Waals surface area contributed by atoms with Gasteiger partial charge in [-0.3, -0.25) is 4.79 Å². The number of carbonyl (C=O) groups excluding carboxylic acids is 1. The standard InChI is InChI=1S/C11H19N3O/c1-2-9(5-8-12)14-10(15)11(13)6-3-4-7-11/h9H,2-7,13H2,1H3,(H,14,15). The van der Waals surface area contributed by atoms with Crippen LogP contribution in [0.25, 0.3) is 0 Å². The fourth-order valence-corrected chi connectivity index (χ4v) is 1.97. The van der Waals surface area contributed by atoms with Gasteiger partial charge < -0.3 is 11.1 Å². The molecule has 1 rings (SSSR count). The molecule has 1 fully saturated rings. The zero-order chi connectivity index (χ0) is 11.3. The molecule has 1 amide bonds. The van der Waals surface area contributed by atoms with Crippen molar-refractivity contribution in [2.75, 3.05) is 0 Å². The first-order valence-electron chi connectivity index (χ1n) is 5.59. The van der Waals surface area contributed by atoms with Crippen molar-refractivity contribution < 1.29 is 4.79 Å². The van der Waals surface area contributed by atoms with Crippen LogP contribution in [-0.2, 0) is 4.79 Å². The molecule has 0 aliphatic heterocycles. The summed E-state index contributed by atoms with van der Waals surface area (Å²) in [5, 5.41) is 11.4.